The molecule has 2 aliphatic rings. The smallest absolute Gasteiger partial charge is 0.438 e. The summed E-state index contributed by atoms with van der Waals surface area (Å²) in [6.07, 6.45) is 8.44. The van der Waals surface area contributed by atoms with Gasteiger partial charge in [-0.3, -0.25) is 0 Å². The van der Waals surface area contributed by atoms with Gasteiger partial charge < -0.3 is 19.3 Å². The Balaban J connectivity index is 1.49. The van der Waals surface area contributed by atoms with Gasteiger partial charge in [0, 0.05) is 24.0 Å². The molecule has 0 aromatic heterocycles. The van der Waals surface area contributed by atoms with Crippen molar-refractivity contribution in [3.8, 4) is 0 Å². The zero-order chi connectivity index (χ0) is 28.7. The van der Waals surface area contributed by atoms with Crippen molar-refractivity contribution in [3.63, 3.8) is 0 Å². The first kappa shape index (κ1) is 30.4. The van der Waals surface area contributed by atoms with E-state index in [9.17, 15) is 4.79 Å². The van der Waals surface area contributed by atoms with Crippen LogP contribution in [0.2, 0.25) is 5.02 Å². The molecule has 3 atom stereocenters. The predicted molar refractivity (Wildman–Crippen MR) is 163 cm³/mol. The van der Waals surface area contributed by atoms with Crippen molar-refractivity contribution in [1.82, 2.24) is 9.80 Å². The van der Waals surface area contributed by atoms with E-state index >= 15 is 0 Å². The van der Waals surface area contributed by atoms with E-state index in [1.54, 1.807) is 0 Å². The lowest BCUT2D eigenvalue weighted by molar-refractivity contribution is -0.0679. The number of ether oxygens (including phenoxy) is 2. The molecule has 4 rings (SSSR count). The van der Waals surface area contributed by atoms with Crippen molar-refractivity contribution in [2.24, 2.45) is 22.7 Å². The minimum atomic E-state index is -0.926. The van der Waals surface area contributed by atoms with Crippen LogP contribution in [0.1, 0.15) is 69.5 Å². The number of rotatable bonds is 11. The van der Waals surface area contributed by atoms with E-state index in [4.69, 9.17) is 26.1 Å². The lowest BCUT2D eigenvalue weighted by atomic mass is 9.73. The van der Waals surface area contributed by atoms with Gasteiger partial charge in [-0.1, -0.05) is 80.8 Å². The van der Waals surface area contributed by atoms with Crippen LogP contribution in [0.15, 0.2) is 59.6 Å². The van der Waals surface area contributed by atoms with Crippen LogP contribution in [0.4, 0.5) is 4.79 Å². The van der Waals surface area contributed by atoms with Crippen LogP contribution in [0.5, 0.6) is 0 Å². The Kier molecular flexibility index (Phi) is 10.5. The lowest BCUT2D eigenvalue weighted by Crippen LogP contribution is -2.51. The zero-order valence-corrected chi connectivity index (χ0v) is 25.5. The van der Waals surface area contributed by atoms with Gasteiger partial charge in [0.2, 0.25) is 5.72 Å². The number of hydrogen-bond acceptors (Lipinski definition) is 6. The highest BCUT2D eigenvalue weighted by Gasteiger charge is 2.50. The van der Waals surface area contributed by atoms with Crippen LogP contribution in [-0.4, -0.2) is 61.8 Å². The number of hydrogen-bond donors (Lipinski definition) is 0. The molecule has 2 aromatic rings. The van der Waals surface area contributed by atoms with Gasteiger partial charge in [0.05, 0.1) is 19.5 Å². The lowest BCUT2D eigenvalue weighted by Gasteiger charge is -2.42. The molecule has 7 heteroatoms. The summed E-state index contributed by atoms with van der Waals surface area (Å²) < 4.78 is 11.0. The molecule has 1 saturated carbocycles. The number of nitrogens with zero attached hydrogens (tertiary/aromatic N) is 3. The number of carbonyl (C=O) groups is 1. The van der Waals surface area contributed by atoms with Gasteiger partial charge in [-0.25, -0.2) is 9.79 Å². The van der Waals surface area contributed by atoms with Gasteiger partial charge in [0.15, 0.2) is 0 Å². The van der Waals surface area contributed by atoms with Gasteiger partial charge in [-0.2, -0.15) is 0 Å². The molecule has 0 radical (unpaired) electrons. The van der Waals surface area contributed by atoms with E-state index in [1.807, 2.05) is 24.5 Å². The molecule has 0 saturated heterocycles. The highest BCUT2D eigenvalue weighted by atomic mass is 35.5. The van der Waals surface area contributed by atoms with Crippen molar-refractivity contribution in [1.29, 1.82) is 0 Å². The molecule has 6 nitrogen and oxygen atoms in total. The van der Waals surface area contributed by atoms with Crippen molar-refractivity contribution in [2.75, 3.05) is 27.7 Å². The molecule has 3 unspecified atom stereocenters. The third kappa shape index (κ3) is 7.58. The van der Waals surface area contributed by atoms with Gasteiger partial charge in [0.1, 0.15) is 0 Å². The maximum absolute atomic E-state index is 12.5. The molecular weight excluding hydrogens is 522 g/mol. The fourth-order valence-corrected chi connectivity index (χ4v) is 6.96. The fraction of sp³-hybridized carbons (Fsp3) is 0.576. The first-order chi connectivity index (χ1) is 19.2. The molecule has 0 bridgehead atoms. The van der Waals surface area contributed by atoms with Gasteiger partial charge in [-0.05, 0) is 80.8 Å². The van der Waals surface area contributed by atoms with Crippen LogP contribution in [-0.2, 0) is 15.9 Å². The summed E-state index contributed by atoms with van der Waals surface area (Å²) in [5.74, 6) is 1.45. The Morgan fingerprint density at radius 3 is 2.35 bits per heavy atom. The maximum Gasteiger partial charge on any atom is 0.510 e. The van der Waals surface area contributed by atoms with Gasteiger partial charge in [-0.15, -0.1) is 0 Å². The monoisotopic (exact) mass is 567 g/mol. The molecule has 1 heterocycles. The Morgan fingerprint density at radius 1 is 1.07 bits per heavy atom. The second kappa shape index (κ2) is 13.9. The largest absolute Gasteiger partial charge is 0.510 e. The second-order valence-electron chi connectivity index (χ2n) is 12.2. The number of halogens is 1. The van der Waals surface area contributed by atoms with E-state index in [0.29, 0.717) is 30.2 Å². The van der Waals surface area contributed by atoms with Gasteiger partial charge in [0.25, 0.3) is 0 Å². The summed E-state index contributed by atoms with van der Waals surface area (Å²) in [5.41, 5.74) is 1.70. The van der Waals surface area contributed by atoms with Crippen LogP contribution in [0, 0.1) is 17.8 Å². The Morgan fingerprint density at radius 2 is 1.75 bits per heavy atom. The molecule has 1 fully saturated rings. The van der Waals surface area contributed by atoms with E-state index in [1.165, 1.54) is 31.1 Å². The summed E-state index contributed by atoms with van der Waals surface area (Å²) in [7, 11) is 5.72. The molecule has 0 amide bonds. The summed E-state index contributed by atoms with van der Waals surface area (Å²) in [4.78, 5) is 22.0. The first-order valence-electron chi connectivity index (χ1n) is 14.7. The topological polar surface area (TPSA) is 54.4 Å². The zero-order valence-electron chi connectivity index (χ0n) is 24.8. The molecule has 0 N–H and O–H groups in total. The summed E-state index contributed by atoms with van der Waals surface area (Å²) in [6, 6.07) is 19.2. The molecule has 1 aliphatic heterocycles. The van der Waals surface area contributed by atoms with E-state index in [-0.39, 0.29) is 6.04 Å². The molecule has 2 aromatic carbocycles. The summed E-state index contributed by atoms with van der Waals surface area (Å²) >= 11 is 6.18. The molecule has 218 valence electrons. The SMILES string of the molecule is COC(=O)OC1(CC(C)C)N=CN(CCc2ccccc2)C1CC1CCC(C(c2ccc(Cl)cc2)N(C)C)CC1. The third-order valence-corrected chi connectivity index (χ3v) is 8.89. The number of carbonyl (C=O) groups excluding carboxylic acids is 1. The summed E-state index contributed by atoms with van der Waals surface area (Å²) in [5, 5.41) is 0.777. The molecule has 40 heavy (non-hydrogen) atoms. The van der Waals surface area contributed by atoms with Crippen molar-refractivity contribution >= 4 is 24.1 Å². The van der Waals surface area contributed by atoms with E-state index < -0.39 is 11.9 Å². The Labute approximate surface area is 245 Å². The number of aliphatic imine (C=N–C) groups is 1. The molecular formula is C33H46ClN3O3. The Bertz CT molecular complexity index is 1100. The van der Waals surface area contributed by atoms with Crippen LogP contribution < -0.4 is 0 Å². The van der Waals surface area contributed by atoms with Gasteiger partial charge >= 0.3 is 6.16 Å². The van der Waals surface area contributed by atoms with Crippen molar-refractivity contribution in [2.45, 2.75) is 76.6 Å². The molecule has 1 aliphatic carbocycles. The number of methoxy groups -OCH3 is 1. The van der Waals surface area contributed by atoms with Crippen molar-refractivity contribution in [3.05, 3.63) is 70.7 Å². The second-order valence-corrected chi connectivity index (χ2v) is 12.6. The Hall–Kier alpha value is -2.57. The predicted octanol–water partition coefficient (Wildman–Crippen LogP) is 7.62. The average Bonchev–Trinajstić information content (AvgIpc) is 3.25. The van der Waals surface area contributed by atoms with Crippen LogP contribution >= 0.6 is 11.6 Å². The normalized spacial score (nSPS) is 25.4. The average molecular weight is 568 g/mol. The van der Waals surface area contributed by atoms with E-state index in [0.717, 1.165) is 37.3 Å². The van der Waals surface area contributed by atoms with Crippen LogP contribution in [0.25, 0.3) is 0 Å². The standard InChI is InChI=1S/C33H46ClN3O3/c1-24(2)22-33(40-32(38)39-5)30(37(23-35-33)20-19-25-9-7-6-8-10-25)21-26-11-13-27(14-12-26)31(36(3)4)28-15-17-29(34)18-16-28/h6-10,15-18,23-24,26-27,30-31H,11-14,19-22H2,1-5H3. The molecule has 0 spiro atoms. The maximum atomic E-state index is 12.5. The third-order valence-electron chi connectivity index (χ3n) is 8.64. The number of benzene rings is 2. The quantitative estimate of drug-likeness (QED) is 0.261. The fourth-order valence-electron chi connectivity index (χ4n) is 6.84. The highest BCUT2D eigenvalue weighted by molar-refractivity contribution is 6.30. The van der Waals surface area contributed by atoms with E-state index in [2.05, 4.69) is 74.1 Å². The minimum Gasteiger partial charge on any atom is -0.438 e. The van der Waals surface area contributed by atoms with Crippen LogP contribution in [0.3, 0.4) is 0 Å². The van der Waals surface area contributed by atoms with Crippen molar-refractivity contribution < 1.29 is 14.3 Å². The highest BCUT2D eigenvalue weighted by Crippen LogP contribution is 2.44. The summed E-state index contributed by atoms with van der Waals surface area (Å²) in [6.45, 7) is 5.15. The minimum absolute atomic E-state index is 0.0137. The first-order valence-corrected chi connectivity index (χ1v) is 15.1.